The minimum Gasteiger partial charge on any atom is -0.348 e. The fourth-order valence-electron chi connectivity index (χ4n) is 2.94. The summed E-state index contributed by atoms with van der Waals surface area (Å²) in [5.41, 5.74) is 2.50. The van der Waals surface area contributed by atoms with E-state index in [0.29, 0.717) is 12.0 Å². The van der Waals surface area contributed by atoms with Crippen molar-refractivity contribution in [2.75, 3.05) is 13.1 Å². The molecule has 1 amide bonds. The van der Waals surface area contributed by atoms with Gasteiger partial charge in [-0.25, -0.2) is 4.98 Å². The van der Waals surface area contributed by atoms with Crippen LogP contribution >= 0.6 is 27.3 Å². The molecule has 1 fully saturated rings. The number of benzene rings is 1. The van der Waals surface area contributed by atoms with Crippen molar-refractivity contribution in [2.45, 2.75) is 18.9 Å². The molecule has 1 atom stereocenters. The Balaban J connectivity index is 1.51. The number of rotatable bonds is 4. The number of carbonyl (C=O) groups excluding carboxylic acids is 1. The lowest BCUT2D eigenvalue weighted by molar-refractivity contribution is 0.0940. The van der Waals surface area contributed by atoms with Crippen LogP contribution in [0.1, 0.15) is 27.5 Å². The molecule has 0 aliphatic carbocycles. The van der Waals surface area contributed by atoms with Gasteiger partial charge >= 0.3 is 0 Å². The Morgan fingerprint density at radius 2 is 2.28 bits per heavy atom. The second-order valence-corrected chi connectivity index (χ2v) is 8.13. The average molecular weight is 417 g/mol. The molecule has 2 N–H and O–H groups in total. The summed E-state index contributed by atoms with van der Waals surface area (Å²) in [6.45, 7) is 1.80. The Morgan fingerprint density at radius 3 is 3.12 bits per heavy atom. The number of halogens is 1. The zero-order valence-electron chi connectivity index (χ0n) is 13.5. The van der Waals surface area contributed by atoms with Gasteiger partial charge in [0.05, 0.1) is 15.2 Å². The summed E-state index contributed by atoms with van der Waals surface area (Å²) in [6.07, 6.45) is 3.30. The number of carbonyl (C=O) groups is 1. The predicted molar refractivity (Wildman–Crippen MR) is 103 cm³/mol. The minimum atomic E-state index is -0.0365. The zero-order valence-corrected chi connectivity index (χ0v) is 15.9. The van der Waals surface area contributed by atoms with Gasteiger partial charge in [-0.2, -0.15) is 0 Å². The summed E-state index contributed by atoms with van der Waals surface area (Å²) >= 11 is 5.14. The third-order valence-electron chi connectivity index (χ3n) is 4.20. The van der Waals surface area contributed by atoms with Crippen molar-refractivity contribution in [1.29, 1.82) is 0 Å². The average Bonchev–Trinajstić information content (AvgIpc) is 3.24. The molecule has 0 bridgehead atoms. The molecule has 1 saturated heterocycles. The molecule has 0 spiro atoms. The first-order chi connectivity index (χ1) is 12.2. The highest BCUT2D eigenvalue weighted by molar-refractivity contribution is 9.10. The van der Waals surface area contributed by atoms with Gasteiger partial charge in [-0.1, -0.05) is 15.9 Å². The van der Waals surface area contributed by atoms with Gasteiger partial charge in [-0.15, -0.1) is 11.3 Å². The summed E-state index contributed by atoms with van der Waals surface area (Å²) in [6, 6.07) is 9.91. The lowest BCUT2D eigenvalue weighted by Gasteiger charge is -2.11. The van der Waals surface area contributed by atoms with Crippen LogP contribution in [0.25, 0.3) is 10.2 Å². The molecular formula is C18H17BrN4OS. The molecule has 1 aromatic carbocycles. The SMILES string of the molecule is O=C(N[C@H]1CCNC1)c1ccnc(Cc2nc3ccc(Br)cc3s2)c1. The van der Waals surface area contributed by atoms with Crippen LogP contribution in [0.4, 0.5) is 0 Å². The van der Waals surface area contributed by atoms with Gasteiger partial charge in [0.2, 0.25) is 0 Å². The number of nitrogens with one attached hydrogen (secondary N) is 2. The van der Waals surface area contributed by atoms with E-state index in [1.165, 1.54) is 0 Å². The fourth-order valence-corrected chi connectivity index (χ4v) is 4.47. The van der Waals surface area contributed by atoms with E-state index in [-0.39, 0.29) is 11.9 Å². The monoisotopic (exact) mass is 416 g/mol. The topological polar surface area (TPSA) is 66.9 Å². The van der Waals surface area contributed by atoms with E-state index < -0.39 is 0 Å². The number of amides is 1. The quantitative estimate of drug-likeness (QED) is 0.685. The highest BCUT2D eigenvalue weighted by Crippen LogP contribution is 2.26. The lowest BCUT2D eigenvalue weighted by atomic mass is 10.1. The molecule has 0 saturated carbocycles. The summed E-state index contributed by atoms with van der Waals surface area (Å²) in [7, 11) is 0. The molecule has 1 aliphatic rings. The second-order valence-electron chi connectivity index (χ2n) is 6.10. The lowest BCUT2D eigenvalue weighted by Crippen LogP contribution is -2.36. The number of aromatic nitrogens is 2. The van der Waals surface area contributed by atoms with Crippen LogP contribution in [-0.4, -0.2) is 35.0 Å². The molecule has 5 nitrogen and oxygen atoms in total. The van der Waals surface area contributed by atoms with Crippen molar-refractivity contribution in [1.82, 2.24) is 20.6 Å². The zero-order chi connectivity index (χ0) is 17.2. The molecule has 3 heterocycles. The van der Waals surface area contributed by atoms with E-state index >= 15 is 0 Å². The van der Waals surface area contributed by atoms with Crippen LogP contribution in [0.3, 0.4) is 0 Å². The molecule has 0 radical (unpaired) electrons. The first-order valence-electron chi connectivity index (χ1n) is 8.19. The van der Waals surface area contributed by atoms with E-state index in [1.54, 1.807) is 23.6 Å². The van der Waals surface area contributed by atoms with Crippen molar-refractivity contribution >= 4 is 43.4 Å². The van der Waals surface area contributed by atoms with E-state index in [1.807, 2.05) is 18.2 Å². The molecule has 4 rings (SSSR count). The Morgan fingerprint density at radius 1 is 1.36 bits per heavy atom. The van der Waals surface area contributed by atoms with Crippen molar-refractivity contribution in [3.8, 4) is 0 Å². The number of nitrogens with zero attached hydrogens (tertiary/aromatic N) is 2. The Kier molecular flexibility index (Phi) is 4.78. The van der Waals surface area contributed by atoms with Crippen LogP contribution in [0, 0.1) is 0 Å². The molecule has 2 aromatic heterocycles. The Bertz CT molecular complexity index is 920. The van der Waals surface area contributed by atoms with E-state index in [2.05, 4.69) is 42.6 Å². The molecular weight excluding hydrogens is 400 g/mol. The molecule has 128 valence electrons. The second kappa shape index (κ2) is 7.19. The van der Waals surface area contributed by atoms with Gasteiger partial charge in [-0.05, 0) is 43.3 Å². The van der Waals surface area contributed by atoms with Crippen LogP contribution in [0.2, 0.25) is 0 Å². The maximum atomic E-state index is 12.4. The number of pyridine rings is 1. The number of fused-ring (bicyclic) bond motifs is 1. The van der Waals surface area contributed by atoms with E-state index in [9.17, 15) is 4.79 Å². The van der Waals surface area contributed by atoms with Crippen LogP contribution < -0.4 is 10.6 Å². The maximum absolute atomic E-state index is 12.4. The third kappa shape index (κ3) is 3.89. The molecule has 1 aliphatic heterocycles. The van der Waals surface area contributed by atoms with Crippen molar-refractivity contribution in [3.05, 3.63) is 57.3 Å². The van der Waals surface area contributed by atoms with Crippen molar-refractivity contribution < 1.29 is 4.79 Å². The molecule has 7 heteroatoms. The van der Waals surface area contributed by atoms with Gasteiger partial charge in [0.25, 0.3) is 5.91 Å². The van der Waals surface area contributed by atoms with Crippen LogP contribution in [-0.2, 0) is 6.42 Å². The predicted octanol–water partition coefficient (Wildman–Crippen LogP) is 3.14. The molecule has 3 aromatic rings. The van der Waals surface area contributed by atoms with E-state index in [4.69, 9.17) is 0 Å². The smallest absolute Gasteiger partial charge is 0.251 e. The minimum absolute atomic E-state index is 0.0365. The highest BCUT2D eigenvalue weighted by atomic mass is 79.9. The first-order valence-corrected chi connectivity index (χ1v) is 9.80. The van der Waals surface area contributed by atoms with Crippen molar-refractivity contribution in [3.63, 3.8) is 0 Å². The molecule has 25 heavy (non-hydrogen) atoms. The number of hydrogen-bond acceptors (Lipinski definition) is 5. The van der Waals surface area contributed by atoms with Gasteiger partial charge in [-0.3, -0.25) is 9.78 Å². The number of thiazole rings is 1. The summed E-state index contributed by atoms with van der Waals surface area (Å²) in [5, 5.41) is 7.32. The third-order valence-corrected chi connectivity index (χ3v) is 5.71. The Hall–Kier alpha value is -1.83. The van der Waals surface area contributed by atoms with Gasteiger partial charge in [0, 0.05) is 40.9 Å². The normalized spacial score (nSPS) is 17.1. The van der Waals surface area contributed by atoms with Gasteiger partial charge in [0.1, 0.15) is 0 Å². The first kappa shape index (κ1) is 16.6. The Labute approximate surface area is 158 Å². The standard InChI is InChI=1S/C18H17BrN4OS/c19-12-1-2-15-16(8-12)25-17(23-15)9-14-7-11(3-6-21-14)18(24)22-13-4-5-20-10-13/h1-3,6-8,13,20H,4-5,9-10H2,(H,22,24)/t13-/m0/s1. The highest BCUT2D eigenvalue weighted by Gasteiger charge is 2.18. The van der Waals surface area contributed by atoms with Crippen LogP contribution in [0.15, 0.2) is 41.0 Å². The fraction of sp³-hybridized carbons (Fsp3) is 0.278. The van der Waals surface area contributed by atoms with Gasteiger partial charge in [0.15, 0.2) is 0 Å². The van der Waals surface area contributed by atoms with E-state index in [0.717, 1.165) is 44.9 Å². The van der Waals surface area contributed by atoms with Crippen molar-refractivity contribution in [2.24, 2.45) is 0 Å². The summed E-state index contributed by atoms with van der Waals surface area (Å²) < 4.78 is 2.19. The largest absolute Gasteiger partial charge is 0.348 e. The molecule has 0 unspecified atom stereocenters. The van der Waals surface area contributed by atoms with Crippen LogP contribution in [0.5, 0.6) is 0 Å². The summed E-state index contributed by atoms with van der Waals surface area (Å²) in [4.78, 5) is 21.5. The van der Waals surface area contributed by atoms with Gasteiger partial charge < -0.3 is 10.6 Å². The summed E-state index contributed by atoms with van der Waals surface area (Å²) in [5.74, 6) is -0.0365. The number of hydrogen-bond donors (Lipinski definition) is 2. The maximum Gasteiger partial charge on any atom is 0.251 e.